The molecule has 1 aliphatic rings. The van der Waals surface area contributed by atoms with Crippen molar-refractivity contribution in [3.05, 3.63) is 23.8 Å². The van der Waals surface area contributed by atoms with Crippen molar-refractivity contribution in [3.63, 3.8) is 0 Å². The highest BCUT2D eigenvalue weighted by Crippen LogP contribution is 2.47. The molecule has 0 fully saturated rings. The summed E-state index contributed by atoms with van der Waals surface area (Å²) in [5.74, 6) is -1.00. The van der Waals surface area contributed by atoms with Gasteiger partial charge in [-0.1, -0.05) is 6.58 Å². The van der Waals surface area contributed by atoms with Crippen LogP contribution in [0.1, 0.15) is 19.4 Å². The topological polar surface area (TPSA) is 99.9 Å². The first-order chi connectivity index (χ1) is 10.2. The lowest BCUT2D eigenvalue weighted by atomic mass is 10.1. The van der Waals surface area contributed by atoms with E-state index in [0.717, 1.165) is 0 Å². The molecule has 0 spiro atoms. The summed E-state index contributed by atoms with van der Waals surface area (Å²) in [4.78, 5) is 23.5. The summed E-state index contributed by atoms with van der Waals surface area (Å²) >= 11 is 0. The van der Waals surface area contributed by atoms with Crippen LogP contribution in [-0.2, 0) is 30.9 Å². The minimum absolute atomic E-state index is 0.0181. The summed E-state index contributed by atoms with van der Waals surface area (Å²) in [5, 5.41) is 0. The lowest BCUT2D eigenvalue weighted by molar-refractivity contribution is -0.150. The van der Waals surface area contributed by atoms with Crippen LogP contribution in [0, 0.1) is 0 Å². The van der Waals surface area contributed by atoms with Gasteiger partial charge in [0.15, 0.2) is 28.1 Å². The van der Waals surface area contributed by atoms with Crippen molar-refractivity contribution in [1.29, 1.82) is 0 Å². The van der Waals surface area contributed by atoms with Gasteiger partial charge < -0.3 is 13.3 Å². The molecule has 7 nitrogen and oxygen atoms in total. The Morgan fingerprint density at radius 2 is 2.09 bits per heavy atom. The van der Waals surface area contributed by atoms with Crippen LogP contribution in [0.25, 0.3) is 11.2 Å². The van der Waals surface area contributed by atoms with E-state index in [1.54, 1.807) is 0 Å². The van der Waals surface area contributed by atoms with E-state index in [2.05, 4.69) is 6.58 Å². The minimum atomic E-state index is -3.84. The second-order valence-corrected chi connectivity index (χ2v) is 6.63. The van der Waals surface area contributed by atoms with Crippen LogP contribution in [0.5, 0.6) is 5.75 Å². The van der Waals surface area contributed by atoms with Crippen LogP contribution in [0.3, 0.4) is 0 Å². The Bertz CT molecular complexity index is 903. The monoisotopic (exact) mass is 324 g/mol. The van der Waals surface area contributed by atoms with Crippen LogP contribution in [-0.4, -0.2) is 26.3 Å². The summed E-state index contributed by atoms with van der Waals surface area (Å²) in [6.07, 6.45) is -1.14. The third-order valence-electron chi connectivity index (χ3n) is 3.37. The minimum Gasteiger partial charge on any atom is -0.451 e. The van der Waals surface area contributed by atoms with Gasteiger partial charge in [-0.2, -0.15) is 8.42 Å². The van der Waals surface area contributed by atoms with Gasteiger partial charge in [0, 0.05) is 18.1 Å². The molecule has 0 saturated heterocycles. The standard InChI is InChI=1S/C14H12O7S/c1-6(2)14(16)19-7(3)9(15)4-8-10-5-11-13(20-10)12(8)21-22(11,17)18/h5,7H,1,4H2,2-3H3. The Labute approximate surface area is 125 Å². The van der Waals surface area contributed by atoms with E-state index >= 15 is 0 Å². The summed E-state index contributed by atoms with van der Waals surface area (Å²) in [6, 6.07) is 1.33. The number of Topliss-reactive ketones (excluding diaryl/α,β-unsaturated/α-hetero) is 1. The van der Waals surface area contributed by atoms with Crippen LogP contribution >= 0.6 is 0 Å². The average molecular weight is 324 g/mol. The van der Waals surface area contributed by atoms with Crippen molar-refractivity contribution in [2.24, 2.45) is 0 Å². The third kappa shape index (κ3) is 2.07. The summed E-state index contributed by atoms with van der Waals surface area (Å²) in [7, 11) is -3.84. The highest BCUT2D eigenvalue weighted by Gasteiger charge is 2.40. The van der Waals surface area contributed by atoms with Crippen molar-refractivity contribution in [3.8, 4) is 5.75 Å². The van der Waals surface area contributed by atoms with E-state index in [1.807, 2.05) is 0 Å². The van der Waals surface area contributed by atoms with Crippen LogP contribution in [0.4, 0.5) is 0 Å². The second kappa shape index (κ2) is 4.57. The molecule has 2 aromatic rings. The predicted octanol–water partition coefficient (Wildman–Crippen LogP) is 1.57. The van der Waals surface area contributed by atoms with Crippen molar-refractivity contribution in [2.75, 3.05) is 0 Å². The fourth-order valence-electron chi connectivity index (χ4n) is 2.17. The first-order valence-electron chi connectivity index (χ1n) is 6.42. The first-order valence-corrected chi connectivity index (χ1v) is 7.83. The molecule has 3 heterocycles. The smallest absolute Gasteiger partial charge is 0.343 e. The third-order valence-corrected chi connectivity index (χ3v) is 4.60. The van der Waals surface area contributed by atoms with Gasteiger partial charge in [-0.3, -0.25) is 4.79 Å². The zero-order valence-electron chi connectivity index (χ0n) is 11.8. The molecule has 22 heavy (non-hydrogen) atoms. The van der Waals surface area contributed by atoms with Crippen molar-refractivity contribution < 1.29 is 31.3 Å². The first kappa shape index (κ1) is 14.6. The lowest BCUT2D eigenvalue weighted by Crippen LogP contribution is -2.26. The molecule has 0 N–H and O–H groups in total. The molecular weight excluding hydrogens is 312 g/mol. The van der Waals surface area contributed by atoms with E-state index in [9.17, 15) is 18.0 Å². The van der Waals surface area contributed by atoms with Crippen molar-refractivity contribution >= 4 is 33.0 Å². The maximum atomic E-state index is 12.1. The molecule has 1 unspecified atom stereocenters. The van der Waals surface area contributed by atoms with Gasteiger partial charge in [0.2, 0.25) is 0 Å². The van der Waals surface area contributed by atoms with Gasteiger partial charge >= 0.3 is 16.1 Å². The molecule has 1 aliphatic heterocycles. The number of rotatable bonds is 5. The highest BCUT2D eigenvalue weighted by atomic mass is 32.2. The van der Waals surface area contributed by atoms with Gasteiger partial charge in [0.05, 0.1) is 5.56 Å². The molecule has 2 bridgehead atoms. The number of hydrogen-bond donors (Lipinski definition) is 0. The summed E-state index contributed by atoms with van der Waals surface area (Å²) in [5.41, 5.74) is 0.952. The van der Waals surface area contributed by atoms with Crippen molar-refractivity contribution in [2.45, 2.75) is 31.3 Å². The Morgan fingerprint density at radius 3 is 2.73 bits per heavy atom. The Balaban J connectivity index is 1.79. The zero-order chi connectivity index (χ0) is 16.2. The largest absolute Gasteiger partial charge is 0.451 e. The highest BCUT2D eigenvalue weighted by molar-refractivity contribution is 7.87. The molecule has 8 heteroatoms. The van der Waals surface area contributed by atoms with Crippen LogP contribution < -0.4 is 4.18 Å². The molecule has 0 aromatic carbocycles. The number of furan rings is 2. The SMILES string of the molecule is C=C(C)C(=O)OC(C)C(=O)Cc1c2c3oc1cc3S(=O)(=O)O2. The van der Waals surface area contributed by atoms with Gasteiger partial charge in [0.1, 0.15) is 5.58 Å². The van der Waals surface area contributed by atoms with E-state index in [1.165, 1.54) is 19.9 Å². The average Bonchev–Trinajstić information content (AvgIpc) is 3.02. The lowest BCUT2D eigenvalue weighted by Gasteiger charge is -2.11. The quantitative estimate of drug-likeness (QED) is 0.467. The van der Waals surface area contributed by atoms with Gasteiger partial charge in [-0.05, 0) is 13.8 Å². The molecular formula is C14H12O7S. The Morgan fingerprint density at radius 1 is 1.41 bits per heavy atom. The molecule has 0 saturated carbocycles. The van der Waals surface area contributed by atoms with Crippen molar-refractivity contribution in [1.82, 2.24) is 0 Å². The van der Waals surface area contributed by atoms with Gasteiger partial charge in [-0.25, -0.2) is 4.79 Å². The molecule has 2 aromatic heterocycles. The number of hydrogen-bond acceptors (Lipinski definition) is 7. The molecule has 0 amide bonds. The molecule has 1 atom stereocenters. The maximum Gasteiger partial charge on any atom is 0.343 e. The second-order valence-electron chi connectivity index (χ2n) is 5.12. The number of ketones is 1. The fraction of sp³-hybridized carbons (Fsp3) is 0.286. The number of benzene rings is 1. The summed E-state index contributed by atoms with van der Waals surface area (Å²) in [6.45, 7) is 6.35. The van der Waals surface area contributed by atoms with Crippen LogP contribution in [0.2, 0.25) is 0 Å². The van der Waals surface area contributed by atoms with Crippen LogP contribution in [0.15, 0.2) is 27.5 Å². The number of ether oxygens (including phenoxy) is 1. The van der Waals surface area contributed by atoms with E-state index in [0.29, 0.717) is 5.56 Å². The number of esters is 1. The molecule has 0 aliphatic carbocycles. The predicted molar refractivity (Wildman–Crippen MR) is 74.3 cm³/mol. The molecule has 116 valence electrons. The molecule has 0 radical (unpaired) electrons. The number of carbonyl (C=O) groups is 2. The van der Waals surface area contributed by atoms with E-state index in [-0.39, 0.29) is 33.8 Å². The number of fused-ring (bicyclic) bond motifs is 1. The maximum absolute atomic E-state index is 12.1. The van der Waals surface area contributed by atoms with E-state index < -0.39 is 28.0 Å². The number of carbonyl (C=O) groups excluding carboxylic acids is 2. The van der Waals surface area contributed by atoms with Gasteiger partial charge in [0.25, 0.3) is 0 Å². The Hall–Kier alpha value is -2.35. The zero-order valence-corrected chi connectivity index (χ0v) is 12.7. The summed E-state index contributed by atoms with van der Waals surface area (Å²) < 4.78 is 38.4. The fourth-order valence-corrected chi connectivity index (χ4v) is 3.27. The normalized spacial score (nSPS) is 16.5. The van der Waals surface area contributed by atoms with Gasteiger partial charge in [-0.15, -0.1) is 0 Å². The Kier molecular flexibility index (Phi) is 3.03. The van der Waals surface area contributed by atoms with E-state index in [4.69, 9.17) is 13.3 Å². The molecule has 3 rings (SSSR count).